The topological polar surface area (TPSA) is 0 Å². The molecule has 2 aliphatic rings. The zero-order chi connectivity index (χ0) is 21.0. The second kappa shape index (κ2) is 6.55. The molecule has 1 atom stereocenters. The Hall–Kier alpha value is -3.90. The maximum Gasteiger partial charge on any atom is 0.0725 e. The van der Waals surface area contributed by atoms with Gasteiger partial charge in [0.05, 0.1) is 5.41 Å². The lowest BCUT2D eigenvalue weighted by Crippen LogP contribution is -2.26. The van der Waals surface area contributed by atoms with Crippen molar-refractivity contribution in [3.8, 4) is 22.3 Å². The smallest absolute Gasteiger partial charge is 0.0725 e. The van der Waals surface area contributed by atoms with Crippen molar-refractivity contribution in [2.45, 2.75) is 5.41 Å². The molecule has 0 aliphatic heterocycles. The van der Waals surface area contributed by atoms with E-state index in [1.165, 1.54) is 55.7 Å². The second-order valence-corrected chi connectivity index (χ2v) is 8.20. The maximum atomic E-state index is 4.25. The Labute approximate surface area is 183 Å². The quantitative estimate of drug-likeness (QED) is 0.332. The summed E-state index contributed by atoms with van der Waals surface area (Å²) in [5, 5.41) is 0. The molecule has 0 fully saturated rings. The van der Waals surface area contributed by atoms with E-state index in [9.17, 15) is 0 Å². The molecule has 0 bridgehead atoms. The van der Waals surface area contributed by atoms with E-state index in [-0.39, 0.29) is 5.41 Å². The van der Waals surface area contributed by atoms with Crippen LogP contribution in [0.25, 0.3) is 27.8 Å². The largest absolute Gasteiger partial charge is 0.0987 e. The molecule has 6 rings (SSSR count). The number of hydrogen-bond donors (Lipinski definition) is 0. The third kappa shape index (κ3) is 2.20. The van der Waals surface area contributed by atoms with Gasteiger partial charge >= 0.3 is 0 Å². The van der Waals surface area contributed by atoms with Gasteiger partial charge in [-0.15, -0.1) is 0 Å². The summed E-state index contributed by atoms with van der Waals surface area (Å²) >= 11 is 0. The van der Waals surface area contributed by atoms with E-state index < -0.39 is 0 Å². The molecule has 0 heteroatoms. The molecule has 1 unspecified atom stereocenters. The van der Waals surface area contributed by atoms with E-state index in [1.54, 1.807) is 0 Å². The number of allylic oxidation sites excluding steroid dienone is 4. The minimum atomic E-state index is -0.344. The van der Waals surface area contributed by atoms with Crippen molar-refractivity contribution in [3.63, 3.8) is 0 Å². The first kappa shape index (κ1) is 17.9. The number of rotatable bonds is 3. The van der Waals surface area contributed by atoms with Crippen molar-refractivity contribution in [3.05, 3.63) is 150 Å². The molecule has 0 saturated heterocycles. The summed E-state index contributed by atoms with van der Waals surface area (Å²) in [7, 11) is 0. The fourth-order valence-electron chi connectivity index (χ4n) is 5.69. The molecule has 1 spiro atoms. The summed E-state index contributed by atoms with van der Waals surface area (Å²) in [5.41, 5.74) is 12.4. The van der Waals surface area contributed by atoms with Gasteiger partial charge in [-0.25, -0.2) is 0 Å². The second-order valence-electron chi connectivity index (χ2n) is 8.20. The normalized spacial score (nSPS) is 17.9. The number of hydrogen-bond acceptors (Lipinski definition) is 0. The lowest BCUT2D eigenvalue weighted by molar-refractivity contribution is 0.787. The Morgan fingerprint density at radius 3 is 1.84 bits per heavy atom. The van der Waals surface area contributed by atoms with Crippen molar-refractivity contribution in [1.29, 1.82) is 0 Å². The Morgan fingerprint density at radius 2 is 1.13 bits per heavy atom. The van der Waals surface area contributed by atoms with E-state index in [0.29, 0.717) is 0 Å². The third-order valence-electron chi connectivity index (χ3n) is 6.88. The van der Waals surface area contributed by atoms with Crippen LogP contribution in [-0.2, 0) is 5.41 Å². The Kier molecular flexibility index (Phi) is 3.79. The minimum absolute atomic E-state index is 0.344. The van der Waals surface area contributed by atoms with Gasteiger partial charge in [-0.05, 0) is 61.7 Å². The van der Waals surface area contributed by atoms with E-state index >= 15 is 0 Å². The van der Waals surface area contributed by atoms with E-state index in [0.717, 1.165) is 0 Å². The van der Waals surface area contributed by atoms with Crippen LogP contribution in [0.5, 0.6) is 0 Å². The fraction of sp³-hybridized carbons (Fsp3) is 0.0323. The zero-order valence-corrected chi connectivity index (χ0v) is 17.3. The van der Waals surface area contributed by atoms with Crippen LogP contribution in [0, 0.1) is 0 Å². The molecule has 0 aromatic heterocycles. The van der Waals surface area contributed by atoms with E-state index in [2.05, 4.69) is 110 Å². The molecule has 0 saturated carbocycles. The van der Waals surface area contributed by atoms with Gasteiger partial charge in [-0.2, -0.15) is 0 Å². The van der Waals surface area contributed by atoms with Crippen LogP contribution < -0.4 is 0 Å². The van der Waals surface area contributed by atoms with Gasteiger partial charge in [0, 0.05) is 0 Å². The summed E-state index contributed by atoms with van der Waals surface area (Å²) in [6, 6.07) is 35.1. The van der Waals surface area contributed by atoms with Crippen LogP contribution >= 0.6 is 0 Å². The first-order valence-corrected chi connectivity index (χ1v) is 10.7. The molecule has 0 amide bonds. The lowest BCUT2D eigenvalue weighted by Gasteiger charge is -2.31. The van der Waals surface area contributed by atoms with Crippen molar-refractivity contribution in [1.82, 2.24) is 0 Å². The first-order valence-electron chi connectivity index (χ1n) is 10.7. The summed E-state index contributed by atoms with van der Waals surface area (Å²) < 4.78 is 0. The predicted molar refractivity (Wildman–Crippen MR) is 131 cm³/mol. The van der Waals surface area contributed by atoms with Gasteiger partial charge in [0.25, 0.3) is 0 Å². The molecular formula is C31H22. The lowest BCUT2D eigenvalue weighted by atomic mass is 9.69. The highest BCUT2D eigenvalue weighted by molar-refractivity contribution is 5.98. The summed E-state index contributed by atoms with van der Waals surface area (Å²) in [6.45, 7) is 8.40. The average Bonchev–Trinajstić information content (AvgIpc) is 3.30. The van der Waals surface area contributed by atoms with Crippen molar-refractivity contribution in [2.75, 3.05) is 0 Å². The summed E-state index contributed by atoms with van der Waals surface area (Å²) in [4.78, 5) is 0. The number of fused-ring (bicyclic) bond motifs is 7. The van der Waals surface area contributed by atoms with Gasteiger partial charge in [-0.1, -0.05) is 116 Å². The fourth-order valence-corrected chi connectivity index (χ4v) is 5.69. The summed E-state index contributed by atoms with van der Waals surface area (Å²) in [6.07, 6.45) is 4.03. The Morgan fingerprint density at radius 1 is 0.516 bits per heavy atom. The summed E-state index contributed by atoms with van der Waals surface area (Å²) in [5.74, 6) is 0. The van der Waals surface area contributed by atoms with Crippen LogP contribution in [-0.4, -0.2) is 0 Å². The first-order chi connectivity index (χ1) is 15.3. The Bertz CT molecular complexity index is 1400. The van der Waals surface area contributed by atoms with E-state index in [1.807, 2.05) is 12.2 Å². The molecule has 4 aromatic carbocycles. The molecule has 0 radical (unpaired) electrons. The molecule has 4 aromatic rings. The predicted octanol–water partition coefficient (Wildman–Crippen LogP) is 7.81. The number of benzene rings is 4. The van der Waals surface area contributed by atoms with Gasteiger partial charge < -0.3 is 0 Å². The molecule has 0 N–H and O–H groups in total. The van der Waals surface area contributed by atoms with Crippen molar-refractivity contribution >= 4 is 5.57 Å². The van der Waals surface area contributed by atoms with Crippen LogP contribution in [0.1, 0.15) is 22.3 Å². The molecule has 0 heterocycles. The zero-order valence-electron chi connectivity index (χ0n) is 17.3. The van der Waals surface area contributed by atoms with Crippen LogP contribution in [0.2, 0.25) is 0 Å². The van der Waals surface area contributed by atoms with Gasteiger partial charge in [0.15, 0.2) is 0 Å². The van der Waals surface area contributed by atoms with Gasteiger partial charge in [0.2, 0.25) is 0 Å². The Balaban J connectivity index is 1.74. The SMILES string of the molecule is C=CC1=C(C=C)C2(c3ccccc31)c1ccccc1-c1cc(-c3ccccc3)ccc12. The molecular weight excluding hydrogens is 372 g/mol. The van der Waals surface area contributed by atoms with Gasteiger partial charge in [-0.3, -0.25) is 0 Å². The highest BCUT2D eigenvalue weighted by Crippen LogP contribution is 2.62. The van der Waals surface area contributed by atoms with Crippen LogP contribution in [0.4, 0.5) is 0 Å². The van der Waals surface area contributed by atoms with Crippen LogP contribution in [0.3, 0.4) is 0 Å². The van der Waals surface area contributed by atoms with E-state index in [4.69, 9.17) is 0 Å². The highest BCUT2D eigenvalue weighted by Gasteiger charge is 2.51. The molecule has 0 nitrogen and oxygen atoms in total. The standard InChI is InChI=1S/C31H22/c1-3-23-24-14-8-10-16-28(24)31(27(23)4-2)29-17-11-9-15-25(29)26-20-22(18-19-30(26)31)21-12-6-5-7-13-21/h3-20H,1-2H2. The van der Waals surface area contributed by atoms with Crippen molar-refractivity contribution in [2.24, 2.45) is 0 Å². The molecule has 31 heavy (non-hydrogen) atoms. The molecule has 2 aliphatic carbocycles. The van der Waals surface area contributed by atoms with Crippen molar-refractivity contribution < 1.29 is 0 Å². The van der Waals surface area contributed by atoms with Gasteiger partial charge in [0.1, 0.15) is 0 Å². The van der Waals surface area contributed by atoms with Crippen LogP contribution in [0.15, 0.2) is 128 Å². The highest BCUT2D eigenvalue weighted by atomic mass is 14.5. The average molecular weight is 395 g/mol. The monoisotopic (exact) mass is 394 g/mol. The third-order valence-corrected chi connectivity index (χ3v) is 6.88. The maximum absolute atomic E-state index is 4.25. The molecule has 146 valence electrons. The minimum Gasteiger partial charge on any atom is -0.0987 e.